The number of azo groups is 1. The lowest BCUT2D eigenvalue weighted by molar-refractivity contribution is -0.119. The molecule has 3 rings (SSSR count). The third-order valence-corrected chi connectivity index (χ3v) is 3.75. The van der Waals surface area contributed by atoms with Gasteiger partial charge in [0.05, 0.1) is 21.7 Å². The number of fused-ring (bicyclic) bond motifs is 1. The molecule has 0 radical (unpaired) electrons. The van der Waals surface area contributed by atoms with Crippen LogP contribution in [-0.4, -0.2) is 5.91 Å². The number of allylic oxidation sites excluding steroid dienone is 3. The minimum Gasteiger partial charge on any atom is -0.270 e. The maximum atomic E-state index is 11.7. The molecule has 0 bridgehead atoms. The molecule has 1 aromatic carbocycles. The minimum absolute atomic E-state index is 0.251. The number of amides is 1. The lowest BCUT2D eigenvalue weighted by Gasteiger charge is -2.19. The second-order valence-electron chi connectivity index (χ2n) is 4.19. The Kier molecular flexibility index (Phi) is 3.09. The van der Waals surface area contributed by atoms with Gasteiger partial charge in [-0.2, -0.15) is 0 Å². The molecule has 0 N–H and O–H groups in total. The van der Waals surface area contributed by atoms with E-state index in [2.05, 4.69) is 10.2 Å². The van der Waals surface area contributed by atoms with Gasteiger partial charge >= 0.3 is 0 Å². The van der Waals surface area contributed by atoms with E-state index in [1.54, 1.807) is 12.1 Å². The monoisotopic (exact) mass is 290 g/mol. The fourth-order valence-corrected chi connectivity index (χ4v) is 2.37. The van der Waals surface area contributed by atoms with Crippen LogP contribution in [0.15, 0.2) is 58.3 Å². The summed E-state index contributed by atoms with van der Waals surface area (Å²) in [5.74, 6) is -0.605. The highest BCUT2D eigenvalue weighted by molar-refractivity contribution is 6.42. The van der Waals surface area contributed by atoms with Gasteiger partial charge in [-0.05, 0) is 17.7 Å². The molecule has 1 amide bonds. The first-order chi connectivity index (χ1) is 9.16. The van der Waals surface area contributed by atoms with Gasteiger partial charge in [0.25, 0.3) is 5.91 Å². The van der Waals surface area contributed by atoms with Crippen molar-refractivity contribution >= 4 is 34.8 Å². The quantitative estimate of drug-likeness (QED) is 0.754. The molecule has 0 aromatic heterocycles. The molecule has 19 heavy (non-hydrogen) atoms. The highest BCUT2D eigenvalue weighted by atomic mass is 35.5. The van der Waals surface area contributed by atoms with E-state index in [0.717, 1.165) is 11.1 Å². The number of hydrogen-bond donors (Lipinski definition) is 0. The van der Waals surface area contributed by atoms with Crippen molar-refractivity contribution in [1.82, 2.24) is 0 Å². The first-order valence-corrected chi connectivity index (χ1v) is 6.42. The van der Waals surface area contributed by atoms with E-state index in [0.29, 0.717) is 15.7 Å². The van der Waals surface area contributed by atoms with Crippen LogP contribution in [0.5, 0.6) is 0 Å². The van der Waals surface area contributed by atoms with Crippen molar-refractivity contribution in [1.29, 1.82) is 0 Å². The Morgan fingerprint density at radius 2 is 1.89 bits per heavy atom. The number of halogens is 2. The Hall–Kier alpha value is -1.71. The van der Waals surface area contributed by atoms with Gasteiger partial charge in [0.15, 0.2) is 0 Å². The van der Waals surface area contributed by atoms with Crippen molar-refractivity contribution in [3.8, 4) is 0 Å². The van der Waals surface area contributed by atoms with Gasteiger partial charge < -0.3 is 0 Å². The van der Waals surface area contributed by atoms with Crippen molar-refractivity contribution in [3.63, 3.8) is 0 Å². The number of carbonyl (C=O) groups excluding carboxylic acids is 1. The third-order valence-electron chi connectivity index (χ3n) is 3.01. The molecule has 5 heteroatoms. The maximum Gasteiger partial charge on any atom is 0.276 e. The molecule has 0 saturated heterocycles. The molecule has 3 nitrogen and oxygen atoms in total. The first-order valence-electron chi connectivity index (χ1n) is 5.67. The summed E-state index contributed by atoms with van der Waals surface area (Å²) in [6.07, 6.45) is 7.39. The normalized spacial score (nSPS) is 20.9. The Bertz CT molecular complexity index is 687. The largest absolute Gasteiger partial charge is 0.276 e. The van der Waals surface area contributed by atoms with Crippen molar-refractivity contribution in [2.45, 2.75) is 0 Å². The molecule has 1 unspecified atom stereocenters. The number of benzene rings is 1. The Morgan fingerprint density at radius 1 is 1.05 bits per heavy atom. The van der Waals surface area contributed by atoms with Crippen LogP contribution in [0.4, 0.5) is 0 Å². The summed E-state index contributed by atoms with van der Waals surface area (Å²) in [6, 6.07) is 5.24. The number of hydrogen-bond acceptors (Lipinski definition) is 2. The highest BCUT2D eigenvalue weighted by Gasteiger charge is 2.27. The third kappa shape index (κ3) is 2.15. The molecule has 1 heterocycles. The zero-order chi connectivity index (χ0) is 13.4. The van der Waals surface area contributed by atoms with Crippen LogP contribution in [0.25, 0.3) is 5.70 Å². The van der Waals surface area contributed by atoms with Gasteiger partial charge in [0.2, 0.25) is 0 Å². The topological polar surface area (TPSA) is 41.8 Å². The number of nitrogens with zero attached hydrogens (tertiary/aromatic N) is 2. The van der Waals surface area contributed by atoms with Gasteiger partial charge in [-0.15, -0.1) is 10.2 Å². The second kappa shape index (κ2) is 4.76. The molecule has 2 aliphatic rings. The lowest BCUT2D eigenvalue weighted by Crippen LogP contribution is -2.17. The lowest BCUT2D eigenvalue weighted by atomic mass is 9.89. The summed E-state index contributed by atoms with van der Waals surface area (Å²) in [5.41, 5.74) is 2.29. The molecular weight excluding hydrogens is 283 g/mol. The summed E-state index contributed by atoms with van der Waals surface area (Å²) < 4.78 is 0. The molecule has 0 fully saturated rings. The zero-order valence-electron chi connectivity index (χ0n) is 9.68. The van der Waals surface area contributed by atoms with Crippen LogP contribution in [0.1, 0.15) is 5.56 Å². The van der Waals surface area contributed by atoms with E-state index in [-0.39, 0.29) is 11.8 Å². The summed E-state index contributed by atoms with van der Waals surface area (Å²) in [6.45, 7) is 0. The molecule has 0 spiro atoms. The van der Waals surface area contributed by atoms with Crippen molar-refractivity contribution in [2.75, 3.05) is 0 Å². The first kappa shape index (κ1) is 12.3. The Morgan fingerprint density at radius 3 is 2.68 bits per heavy atom. The fourth-order valence-electron chi connectivity index (χ4n) is 2.07. The average molecular weight is 291 g/mol. The van der Waals surface area contributed by atoms with Crippen LogP contribution >= 0.6 is 23.2 Å². The number of rotatable bonds is 1. The molecule has 0 saturated carbocycles. The van der Waals surface area contributed by atoms with E-state index in [1.807, 2.05) is 30.4 Å². The van der Waals surface area contributed by atoms with E-state index in [4.69, 9.17) is 23.2 Å². The SMILES string of the molecule is O=C1N=NC(c2ccc(Cl)c(Cl)c2)=C2C=CC=CC12. The van der Waals surface area contributed by atoms with Crippen molar-refractivity contribution in [2.24, 2.45) is 16.1 Å². The second-order valence-corrected chi connectivity index (χ2v) is 5.01. The zero-order valence-corrected chi connectivity index (χ0v) is 11.2. The minimum atomic E-state index is -0.355. The summed E-state index contributed by atoms with van der Waals surface area (Å²) >= 11 is 11.9. The Labute approximate surface area is 119 Å². The van der Waals surface area contributed by atoms with Gasteiger partial charge in [0.1, 0.15) is 0 Å². The fraction of sp³-hybridized carbons (Fsp3) is 0.0714. The van der Waals surface area contributed by atoms with Crippen molar-refractivity contribution < 1.29 is 4.79 Å². The van der Waals surface area contributed by atoms with Gasteiger partial charge in [-0.1, -0.05) is 53.6 Å². The van der Waals surface area contributed by atoms with Gasteiger partial charge in [-0.3, -0.25) is 4.79 Å². The molecule has 1 atom stereocenters. The predicted molar refractivity (Wildman–Crippen MR) is 75.0 cm³/mol. The van der Waals surface area contributed by atoms with Gasteiger partial charge in [-0.25, -0.2) is 0 Å². The van der Waals surface area contributed by atoms with Crippen LogP contribution < -0.4 is 0 Å². The van der Waals surface area contributed by atoms with Crippen molar-refractivity contribution in [3.05, 3.63) is 63.7 Å². The average Bonchev–Trinajstić information content (AvgIpc) is 2.43. The maximum absolute atomic E-state index is 11.7. The summed E-state index contributed by atoms with van der Waals surface area (Å²) in [5, 5.41) is 8.63. The molecular formula is C14H8Cl2N2O. The van der Waals surface area contributed by atoms with E-state index in [9.17, 15) is 4.79 Å². The summed E-state index contributed by atoms with van der Waals surface area (Å²) in [4.78, 5) is 11.7. The van der Waals surface area contributed by atoms with E-state index in [1.165, 1.54) is 0 Å². The highest BCUT2D eigenvalue weighted by Crippen LogP contribution is 2.35. The smallest absolute Gasteiger partial charge is 0.270 e. The Balaban J connectivity index is 2.15. The van der Waals surface area contributed by atoms with Gasteiger partial charge in [0, 0.05) is 5.56 Å². The van der Waals surface area contributed by atoms with Crippen LogP contribution in [0, 0.1) is 5.92 Å². The molecule has 1 aromatic rings. The standard InChI is InChI=1S/C14H8Cl2N2O/c15-11-6-5-8(7-12(11)16)13-9-3-1-2-4-10(9)14(19)18-17-13/h1-7,10H. The molecule has 1 aliphatic carbocycles. The molecule has 94 valence electrons. The van der Waals surface area contributed by atoms with Crippen LogP contribution in [-0.2, 0) is 4.79 Å². The summed E-state index contributed by atoms with van der Waals surface area (Å²) in [7, 11) is 0. The molecule has 1 aliphatic heterocycles. The van der Waals surface area contributed by atoms with E-state index < -0.39 is 0 Å². The predicted octanol–water partition coefficient (Wildman–Crippen LogP) is 4.44. The van der Waals surface area contributed by atoms with E-state index >= 15 is 0 Å². The number of carbonyl (C=O) groups is 1. The van der Waals surface area contributed by atoms with Crippen LogP contribution in [0.2, 0.25) is 10.0 Å². The van der Waals surface area contributed by atoms with Crippen LogP contribution in [0.3, 0.4) is 0 Å².